The molecule has 1 aliphatic rings. The van der Waals surface area contributed by atoms with E-state index in [0.29, 0.717) is 4.90 Å². The summed E-state index contributed by atoms with van der Waals surface area (Å²) in [5.41, 5.74) is 0. The number of nitrogens with one attached hydrogen (secondary N) is 3. The first-order valence-corrected chi connectivity index (χ1v) is 6.88. The Morgan fingerprint density at radius 3 is 2.29 bits per heavy atom. The highest BCUT2D eigenvalue weighted by atomic mass is 32.2. The van der Waals surface area contributed by atoms with E-state index in [1.54, 1.807) is 0 Å². The number of carbonyl (C=O) groups is 4. The molecule has 118 valence electrons. The van der Waals surface area contributed by atoms with Crippen LogP contribution in [-0.2, 0) is 15.0 Å². The monoisotopic (exact) mass is 323 g/mol. The minimum Gasteiger partial charge on any atom is -0.465 e. The topological polar surface area (TPSA) is 165 Å². The van der Waals surface area contributed by atoms with Gasteiger partial charge in [0.2, 0.25) is 0 Å². The average molecular weight is 323 g/mol. The van der Waals surface area contributed by atoms with Crippen LogP contribution in [0.25, 0.3) is 0 Å². The van der Waals surface area contributed by atoms with Crippen molar-refractivity contribution in [1.82, 2.24) is 24.6 Å². The second-order valence-corrected chi connectivity index (χ2v) is 5.58. The average Bonchev–Trinajstić information content (AvgIpc) is 2.31. The van der Waals surface area contributed by atoms with Crippen molar-refractivity contribution in [3.8, 4) is 0 Å². The fraction of sp³-hybridized carbons (Fsp3) is 0.500. The number of hydrogen-bond donors (Lipinski definition) is 4. The SMILES string of the molecule is CN(C)C(=O)NS(=O)(=O)NC(=O)N1C[C@H](NC(=O)O)C1=O. The second-order valence-electron chi connectivity index (χ2n) is 4.16. The highest BCUT2D eigenvalue weighted by Crippen LogP contribution is 2.10. The van der Waals surface area contributed by atoms with Gasteiger partial charge in [0.25, 0.3) is 5.91 Å². The van der Waals surface area contributed by atoms with Crippen LogP contribution in [-0.4, -0.2) is 74.1 Å². The molecule has 0 aromatic heterocycles. The molecule has 1 heterocycles. The molecule has 1 aliphatic heterocycles. The van der Waals surface area contributed by atoms with E-state index >= 15 is 0 Å². The normalized spacial score (nSPS) is 17.5. The molecule has 6 amide bonds. The van der Waals surface area contributed by atoms with Gasteiger partial charge in [0.15, 0.2) is 0 Å². The minimum atomic E-state index is -4.48. The summed E-state index contributed by atoms with van der Waals surface area (Å²) in [4.78, 5) is 45.8. The maximum Gasteiger partial charge on any atom is 0.405 e. The summed E-state index contributed by atoms with van der Waals surface area (Å²) in [7, 11) is -1.91. The molecule has 0 aliphatic carbocycles. The molecule has 0 aromatic carbocycles. The Morgan fingerprint density at radius 1 is 1.29 bits per heavy atom. The number of carbonyl (C=O) groups excluding carboxylic acids is 3. The Bertz CT molecular complexity index is 586. The zero-order valence-electron chi connectivity index (χ0n) is 11.0. The predicted molar refractivity (Wildman–Crippen MR) is 66.3 cm³/mol. The predicted octanol–water partition coefficient (Wildman–Crippen LogP) is -2.31. The largest absolute Gasteiger partial charge is 0.465 e. The summed E-state index contributed by atoms with van der Waals surface area (Å²) in [6.07, 6.45) is -1.45. The molecule has 0 radical (unpaired) electrons. The van der Waals surface area contributed by atoms with Crippen LogP contribution in [0.5, 0.6) is 0 Å². The molecule has 1 fully saturated rings. The summed E-state index contributed by atoms with van der Waals surface area (Å²) in [5.74, 6) is -0.899. The molecule has 0 spiro atoms. The van der Waals surface area contributed by atoms with E-state index in [9.17, 15) is 27.6 Å². The van der Waals surface area contributed by atoms with Gasteiger partial charge in [-0.15, -0.1) is 0 Å². The zero-order valence-corrected chi connectivity index (χ0v) is 11.8. The van der Waals surface area contributed by atoms with Crippen molar-refractivity contribution in [3.05, 3.63) is 0 Å². The third-order valence-corrected chi connectivity index (χ3v) is 3.21. The smallest absolute Gasteiger partial charge is 0.405 e. The van der Waals surface area contributed by atoms with Gasteiger partial charge in [0.05, 0.1) is 6.54 Å². The Labute approximate surface area is 119 Å². The Kier molecular flexibility index (Phi) is 4.57. The van der Waals surface area contributed by atoms with Gasteiger partial charge in [-0.1, -0.05) is 0 Å². The molecule has 21 heavy (non-hydrogen) atoms. The Balaban J connectivity index is 2.57. The molecule has 0 bridgehead atoms. The number of rotatable bonds is 3. The number of urea groups is 2. The summed E-state index contributed by atoms with van der Waals surface area (Å²) >= 11 is 0. The molecule has 1 atom stereocenters. The Hall–Kier alpha value is -2.57. The van der Waals surface area contributed by atoms with Crippen LogP contribution < -0.4 is 14.8 Å². The van der Waals surface area contributed by atoms with E-state index in [1.165, 1.54) is 23.5 Å². The third-order valence-electron chi connectivity index (χ3n) is 2.32. The van der Waals surface area contributed by atoms with Crippen LogP contribution in [0.15, 0.2) is 0 Å². The fourth-order valence-corrected chi connectivity index (χ4v) is 2.07. The van der Waals surface area contributed by atoms with Gasteiger partial charge >= 0.3 is 28.4 Å². The van der Waals surface area contributed by atoms with E-state index in [1.807, 2.05) is 5.32 Å². The standard InChI is InChI=1S/C8H13N5O7S/c1-12(2)6(15)10-21(19,20)11-7(16)13-3-4(5(13)14)9-8(17)18/h4,9H,3H2,1-2H3,(H,10,15)(H,11,16)(H,17,18)/t4-/m0/s1. The van der Waals surface area contributed by atoms with E-state index in [-0.39, 0.29) is 6.54 Å². The lowest BCUT2D eigenvalue weighted by Crippen LogP contribution is -2.67. The first-order valence-electron chi connectivity index (χ1n) is 5.40. The van der Waals surface area contributed by atoms with Crippen molar-refractivity contribution in [2.75, 3.05) is 20.6 Å². The third kappa shape index (κ3) is 4.20. The van der Waals surface area contributed by atoms with Gasteiger partial charge in [0.1, 0.15) is 6.04 Å². The van der Waals surface area contributed by atoms with Crippen LogP contribution in [0.4, 0.5) is 14.4 Å². The van der Waals surface area contributed by atoms with Crippen LogP contribution in [0.3, 0.4) is 0 Å². The van der Waals surface area contributed by atoms with E-state index in [4.69, 9.17) is 5.11 Å². The van der Waals surface area contributed by atoms with Crippen molar-refractivity contribution < 1.29 is 32.7 Å². The molecule has 1 saturated heterocycles. The first kappa shape index (κ1) is 16.5. The van der Waals surface area contributed by atoms with Gasteiger partial charge < -0.3 is 15.3 Å². The van der Waals surface area contributed by atoms with Crippen LogP contribution >= 0.6 is 0 Å². The quantitative estimate of drug-likeness (QED) is 0.423. The summed E-state index contributed by atoms with van der Waals surface area (Å²) in [6, 6.07) is -3.38. The van der Waals surface area contributed by atoms with E-state index < -0.39 is 40.3 Å². The van der Waals surface area contributed by atoms with Crippen molar-refractivity contribution in [2.45, 2.75) is 6.04 Å². The molecule has 13 heteroatoms. The van der Waals surface area contributed by atoms with Gasteiger partial charge in [-0.3, -0.25) is 9.69 Å². The van der Waals surface area contributed by atoms with Gasteiger partial charge in [0, 0.05) is 14.1 Å². The number of hydrogen-bond acceptors (Lipinski definition) is 6. The van der Waals surface area contributed by atoms with E-state index in [0.717, 1.165) is 4.90 Å². The van der Waals surface area contributed by atoms with Gasteiger partial charge in [-0.05, 0) is 0 Å². The van der Waals surface area contributed by atoms with E-state index in [2.05, 4.69) is 0 Å². The van der Waals surface area contributed by atoms with Crippen molar-refractivity contribution in [1.29, 1.82) is 0 Å². The molecular weight excluding hydrogens is 310 g/mol. The van der Waals surface area contributed by atoms with Crippen LogP contribution in [0.1, 0.15) is 0 Å². The highest BCUT2D eigenvalue weighted by Gasteiger charge is 2.43. The lowest BCUT2D eigenvalue weighted by molar-refractivity contribution is -0.138. The molecule has 4 N–H and O–H groups in total. The number of likely N-dealkylation sites (tertiary alicyclic amines) is 1. The molecule has 1 rings (SSSR count). The molecule has 0 unspecified atom stereocenters. The van der Waals surface area contributed by atoms with Crippen molar-refractivity contribution >= 4 is 34.3 Å². The molecule has 0 aromatic rings. The van der Waals surface area contributed by atoms with Crippen molar-refractivity contribution in [2.24, 2.45) is 0 Å². The highest BCUT2D eigenvalue weighted by molar-refractivity contribution is 7.88. The zero-order chi connectivity index (χ0) is 16.4. The maximum atomic E-state index is 11.5. The lowest BCUT2D eigenvalue weighted by Gasteiger charge is -2.35. The van der Waals surface area contributed by atoms with Gasteiger partial charge in [-0.2, -0.15) is 8.42 Å². The number of β-lactam (4-membered cyclic amide) rings is 1. The van der Waals surface area contributed by atoms with Crippen molar-refractivity contribution in [3.63, 3.8) is 0 Å². The second kappa shape index (κ2) is 5.82. The number of carboxylic acid groups (broad SMARTS) is 1. The minimum absolute atomic E-state index is 0.311. The molecule has 0 saturated carbocycles. The maximum absolute atomic E-state index is 11.5. The number of amides is 6. The lowest BCUT2D eigenvalue weighted by atomic mass is 10.1. The molecular formula is C8H13N5O7S. The van der Waals surface area contributed by atoms with Crippen LogP contribution in [0.2, 0.25) is 0 Å². The summed E-state index contributed by atoms with van der Waals surface area (Å²) < 4.78 is 25.8. The van der Waals surface area contributed by atoms with Gasteiger partial charge in [-0.25, -0.2) is 23.8 Å². The molecule has 12 nitrogen and oxygen atoms in total. The fourth-order valence-electron chi connectivity index (χ4n) is 1.27. The van der Waals surface area contributed by atoms with Crippen LogP contribution in [0, 0.1) is 0 Å². The number of imide groups is 1. The Morgan fingerprint density at radius 2 is 1.86 bits per heavy atom. The first-order chi connectivity index (χ1) is 9.53. The summed E-state index contributed by atoms with van der Waals surface area (Å²) in [6.45, 7) is -0.311. The summed E-state index contributed by atoms with van der Waals surface area (Å²) in [5, 5.41) is 10.2. The number of nitrogens with zero attached hydrogens (tertiary/aromatic N) is 2.